The molecule has 0 N–H and O–H groups in total. The predicted octanol–water partition coefficient (Wildman–Crippen LogP) is 3.30. The van der Waals surface area contributed by atoms with Gasteiger partial charge in [-0.1, -0.05) is 18.2 Å². The van der Waals surface area contributed by atoms with Crippen molar-refractivity contribution < 1.29 is 9.53 Å². The minimum absolute atomic E-state index is 0.198. The number of allylic oxidation sites excluding steroid dienone is 1. The Morgan fingerprint density at radius 2 is 1.89 bits per heavy atom. The number of piperazine rings is 1. The molecule has 0 saturated carbocycles. The summed E-state index contributed by atoms with van der Waals surface area (Å²) < 4.78 is 7.61. The Morgan fingerprint density at radius 1 is 1.19 bits per heavy atom. The molecule has 0 bridgehead atoms. The molecule has 27 heavy (non-hydrogen) atoms. The highest BCUT2D eigenvalue weighted by Crippen LogP contribution is 2.28. The van der Waals surface area contributed by atoms with E-state index in [0.29, 0.717) is 6.54 Å². The molecule has 2 aromatic rings. The molecular weight excluding hydrogens is 338 g/mol. The van der Waals surface area contributed by atoms with Crippen molar-refractivity contribution in [2.24, 2.45) is 0 Å². The van der Waals surface area contributed by atoms with E-state index in [-0.39, 0.29) is 5.78 Å². The number of aryl methyl sites for hydroxylation is 1. The van der Waals surface area contributed by atoms with E-state index in [4.69, 9.17) is 4.74 Å². The second-order valence-electron chi connectivity index (χ2n) is 7.04. The number of nitrogens with zero attached hydrogens (tertiary/aromatic N) is 3. The maximum atomic E-state index is 12.8. The van der Waals surface area contributed by atoms with Gasteiger partial charge >= 0.3 is 0 Å². The number of para-hydroxylation sites is 2. The van der Waals surface area contributed by atoms with E-state index in [9.17, 15) is 4.79 Å². The van der Waals surface area contributed by atoms with Crippen LogP contribution in [-0.4, -0.2) is 55.1 Å². The zero-order valence-electron chi connectivity index (χ0n) is 16.6. The first kappa shape index (κ1) is 19.2. The third-order valence-electron chi connectivity index (χ3n) is 5.35. The topological polar surface area (TPSA) is 37.7 Å². The summed E-state index contributed by atoms with van der Waals surface area (Å²) in [4.78, 5) is 17.4. The minimum Gasteiger partial charge on any atom is -0.495 e. The maximum absolute atomic E-state index is 12.8. The van der Waals surface area contributed by atoms with Crippen LogP contribution in [0.4, 0.5) is 5.69 Å². The van der Waals surface area contributed by atoms with Crippen LogP contribution in [-0.2, 0) is 6.54 Å². The Kier molecular flexibility index (Phi) is 6.01. The number of benzene rings is 1. The van der Waals surface area contributed by atoms with Crippen LogP contribution in [0.15, 0.2) is 43.0 Å². The lowest BCUT2D eigenvalue weighted by Crippen LogP contribution is -2.48. The quantitative estimate of drug-likeness (QED) is 0.556. The first-order chi connectivity index (χ1) is 13.0. The first-order valence-corrected chi connectivity index (χ1v) is 9.46. The van der Waals surface area contributed by atoms with Crippen LogP contribution >= 0.6 is 0 Å². The monoisotopic (exact) mass is 367 g/mol. The van der Waals surface area contributed by atoms with E-state index in [2.05, 4.69) is 27.0 Å². The highest BCUT2D eigenvalue weighted by molar-refractivity contribution is 5.99. The van der Waals surface area contributed by atoms with Crippen LogP contribution in [0.2, 0.25) is 0 Å². The minimum atomic E-state index is 0.198. The Bertz CT molecular complexity index is 817. The number of hydrogen-bond donors (Lipinski definition) is 0. The van der Waals surface area contributed by atoms with Crippen molar-refractivity contribution in [2.45, 2.75) is 20.4 Å². The lowest BCUT2D eigenvalue weighted by molar-refractivity contribution is 0.0925. The standard InChI is InChI=1S/C22H29N3O2/c1-5-10-25-17(2)15-19(18(25)3)21(26)16-23-11-13-24(14-12-23)20-8-6-7-9-22(20)27-4/h5-9,15H,1,10-14,16H2,2-4H3. The van der Waals surface area contributed by atoms with Crippen molar-refractivity contribution in [3.8, 4) is 5.75 Å². The summed E-state index contributed by atoms with van der Waals surface area (Å²) in [6.45, 7) is 12.6. The first-order valence-electron chi connectivity index (χ1n) is 9.46. The number of carbonyl (C=O) groups is 1. The molecule has 5 nitrogen and oxygen atoms in total. The van der Waals surface area contributed by atoms with Crippen LogP contribution in [0, 0.1) is 13.8 Å². The van der Waals surface area contributed by atoms with Gasteiger partial charge in [0.05, 0.1) is 19.3 Å². The van der Waals surface area contributed by atoms with Gasteiger partial charge in [0.1, 0.15) is 5.75 Å². The number of carbonyl (C=O) groups excluding carboxylic acids is 1. The smallest absolute Gasteiger partial charge is 0.178 e. The van der Waals surface area contributed by atoms with Gasteiger partial charge in [-0.05, 0) is 32.0 Å². The fourth-order valence-electron chi connectivity index (χ4n) is 3.82. The van der Waals surface area contributed by atoms with Gasteiger partial charge in [0.25, 0.3) is 0 Å². The van der Waals surface area contributed by atoms with Crippen molar-refractivity contribution in [1.82, 2.24) is 9.47 Å². The molecule has 0 spiro atoms. The van der Waals surface area contributed by atoms with Crippen LogP contribution in [0.25, 0.3) is 0 Å². The molecule has 0 radical (unpaired) electrons. The van der Waals surface area contributed by atoms with E-state index in [0.717, 1.165) is 61.1 Å². The number of Topliss-reactive ketones (excluding diaryl/α,β-unsaturated/α-hetero) is 1. The second-order valence-corrected chi connectivity index (χ2v) is 7.04. The lowest BCUT2D eigenvalue weighted by Gasteiger charge is -2.36. The fourth-order valence-corrected chi connectivity index (χ4v) is 3.82. The summed E-state index contributed by atoms with van der Waals surface area (Å²) in [5.41, 5.74) is 4.10. The molecule has 144 valence electrons. The summed E-state index contributed by atoms with van der Waals surface area (Å²) in [6.07, 6.45) is 1.87. The molecule has 1 aliphatic heterocycles. The molecule has 0 unspecified atom stereocenters. The van der Waals surface area contributed by atoms with Gasteiger partial charge in [-0.2, -0.15) is 0 Å². The number of methoxy groups -OCH3 is 1. The molecule has 2 heterocycles. The Morgan fingerprint density at radius 3 is 2.56 bits per heavy atom. The van der Waals surface area contributed by atoms with Crippen molar-refractivity contribution >= 4 is 11.5 Å². The largest absolute Gasteiger partial charge is 0.495 e. The summed E-state index contributed by atoms with van der Waals surface area (Å²) in [5.74, 6) is 1.10. The Labute approximate surface area is 161 Å². The van der Waals surface area contributed by atoms with E-state index < -0.39 is 0 Å². The third kappa shape index (κ3) is 4.08. The van der Waals surface area contributed by atoms with Gasteiger partial charge in [0.15, 0.2) is 5.78 Å². The number of anilines is 1. The van der Waals surface area contributed by atoms with Crippen LogP contribution < -0.4 is 9.64 Å². The molecule has 3 rings (SSSR count). The van der Waals surface area contributed by atoms with Crippen molar-refractivity contribution in [3.05, 3.63) is 59.9 Å². The molecule has 0 atom stereocenters. The molecular formula is C22H29N3O2. The summed E-state index contributed by atoms with van der Waals surface area (Å²) in [7, 11) is 1.70. The van der Waals surface area contributed by atoms with Crippen molar-refractivity contribution in [2.75, 3.05) is 44.7 Å². The van der Waals surface area contributed by atoms with Gasteiger partial charge < -0.3 is 14.2 Å². The van der Waals surface area contributed by atoms with Gasteiger partial charge in [0.2, 0.25) is 0 Å². The number of rotatable bonds is 7. The number of ketones is 1. The van der Waals surface area contributed by atoms with E-state index in [1.54, 1.807) is 7.11 Å². The zero-order chi connectivity index (χ0) is 19.4. The third-order valence-corrected chi connectivity index (χ3v) is 5.35. The maximum Gasteiger partial charge on any atom is 0.178 e. The van der Waals surface area contributed by atoms with Gasteiger partial charge in [-0.25, -0.2) is 0 Å². The molecule has 1 saturated heterocycles. The fraction of sp³-hybridized carbons (Fsp3) is 0.409. The molecule has 0 aliphatic carbocycles. The highest BCUT2D eigenvalue weighted by atomic mass is 16.5. The summed E-state index contributed by atoms with van der Waals surface area (Å²) in [5, 5.41) is 0. The summed E-state index contributed by atoms with van der Waals surface area (Å²) in [6, 6.07) is 10.1. The highest BCUT2D eigenvalue weighted by Gasteiger charge is 2.23. The second kappa shape index (κ2) is 8.44. The molecule has 0 amide bonds. The van der Waals surface area contributed by atoms with Crippen LogP contribution in [0.5, 0.6) is 5.75 Å². The molecule has 1 aliphatic rings. The molecule has 1 fully saturated rings. The molecule has 1 aromatic heterocycles. The van der Waals surface area contributed by atoms with Crippen LogP contribution in [0.3, 0.4) is 0 Å². The summed E-state index contributed by atoms with van der Waals surface area (Å²) >= 11 is 0. The van der Waals surface area contributed by atoms with Gasteiger partial charge in [-0.15, -0.1) is 6.58 Å². The molecule has 1 aromatic carbocycles. The van der Waals surface area contributed by atoms with Crippen molar-refractivity contribution in [1.29, 1.82) is 0 Å². The molecule has 5 heteroatoms. The van der Waals surface area contributed by atoms with E-state index >= 15 is 0 Å². The van der Waals surface area contributed by atoms with Gasteiger partial charge in [0, 0.05) is 49.7 Å². The van der Waals surface area contributed by atoms with Crippen LogP contribution in [0.1, 0.15) is 21.7 Å². The van der Waals surface area contributed by atoms with Crippen molar-refractivity contribution in [3.63, 3.8) is 0 Å². The Balaban J connectivity index is 1.62. The lowest BCUT2D eigenvalue weighted by atomic mass is 10.1. The Hall–Kier alpha value is -2.53. The number of ether oxygens (including phenoxy) is 1. The SMILES string of the molecule is C=CCn1c(C)cc(C(=O)CN2CCN(c3ccccc3OC)CC2)c1C. The predicted molar refractivity (Wildman–Crippen MR) is 110 cm³/mol. The average molecular weight is 367 g/mol. The van der Waals surface area contributed by atoms with Gasteiger partial charge in [-0.3, -0.25) is 9.69 Å². The number of hydrogen-bond acceptors (Lipinski definition) is 4. The number of aromatic nitrogens is 1. The normalized spacial score (nSPS) is 15.0. The van der Waals surface area contributed by atoms with E-state index in [1.807, 2.05) is 44.2 Å². The zero-order valence-corrected chi connectivity index (χ0v) is 16.6. The van der Waals surface area contributed by atoms with E-state index in [1.165, 1.54) is 0 Å². The average Bonchev–Trinajstić information content (AvgIpc) is 2.97.